The molecule has 5 heteroatoms. The fourth-order valence-corrected chi connectivity index (χ4v) is 2.77. The number of hydrogen-bond donors (Lipinski definition) is 1. The molecule has 1 aliphatic heterocycles. The minimum Gasteiger partial charge on any atom is -0.343 e. The molecule has 0 aliphatic carbocycles. The molecule has 1 aliphatic rings. The van der Waals surface area contributed by atoms with E-state index in [1.807, 2.05) is 23.1 Å². The molecule has 3 nitrogen and oxygen atoms in total. The maximum atomic E-state index is 11.8. The van der Waals surface area contributed by atoms with Gasteiger partial charge in [0.1, 0.15) is 0 Å². The molecule has 1 heterocycles. The highest BCUT2D eigenvalue weighted by Crippen LogP contribution is 2.23. The van der Waals surface area contributed by atoms with Gasteiger partial charge in [0.25, 0.3) is 0 Å². The van der Waals surface area contributed by atoms with Crippen molar-refractivity contribution in [3.05, 3.63) is 33.8 Å². The number of benzene rings is 1. The molecule has 1 fully saturated rings. The zero-order chi connectivity index (χ0) is 13.7. The monoisotopic (exact) mass is 300 g/mol. The minimum atomic E-state index is 0.232. The summed E-state index contributed by atoms with van der Waals surface area (Å²) in [5.74, 6) is 0.232. The van der Waals surface area contributed by atoms with Crippen LogP contribution in [0.5, 0.6) is 0 Å². The number of amides is 1. The summed E-state index contributed by atoms with van der Waals surface area (Å²) in [6.07, 6.45) is 2.80. The van der Waals surface area contributed by atoms with Crippen LogP contribution in [0.1, 0.15) is 24.8 Å². The standard InChI is InChI=1S/C14H18Cl2N2O/c15-12-4-3-5-13(16)11(12)10-17-7-6-14(19)18-8-1-2-9-18/h3-5,17H,1-2,6-10H2. The van der Waals surface area contributed by atoms with Crippen molar-refractivity contribution in [1.29, 1.82) is 0 Å². The van der Waals surface area contributed by atoms with Gasteiger partial charge in [-0.15, -0.1) is 0 Å². The highest BCUT2D eigenvalue weighted by atomic mass is 35.5. The summed E-state index contributed by atoms with van der Waals surface area (Å²) in [5.41, 5.74) is 0.888. The van der Waals surface area contributed by atoms with Crippen LogP contribution in [-0.4, -0.2) is 30.4 Å². The zero-order valence-electron chi connectivity index (χ0n) is 10.8. The second-order valence-electron chi connectivity index (χ2n) is 4.71. The van der Waals surface area contributed by atoms with E-state index in [2.05, 4.69) is 5.32 Å². The van der Waals surface area contributed by atoms with Crippen molar-refractivity contribution in [2.75, 3.05) is 19.6 Å². The van der Waals surface area contributed by atoms with Crippen LogP contribution < -0.4 is 5.32 Å². The van der Waals surface area contributed by atoms with Gasteiger partial charge in [0, 0.05) is 48.2 Å². The van der Waals surface area contributed by atoms with Crippen LogP contribution in [0.2, 0.25) is 10.0 Å². The fraction of sp³-hybridized carbons (Fsp3) is 0.500. The van der Waals surface area contributed by atoms with Gasteiger partial charge in [0.05, 0.1) is 0 Å². The van der Waals surface area contributed by atoms with Gasteiger partial charge in [-0.05, 0) is 25.0 Å². The van der Waals surface area contributed by atoms with Crippen molar-refractivity contribution >= 4 is 29.1 Å². The van der Waals surface area contributed by atoms with Gasteiger partial charge in [-0.1, -0.05) is 29.3 Å². The van der Waals surface area contributed by atoms with Gasteiger partial charge in [0.2, 0.25) is 5.91 Å². The zero-order valence-corrected chi connectivity index (χ0v) is 12.3. The summed E-state index contributed by atoms with van der Waals surface area (Å²) in [7, 11) is 0. The Bertz CT molecular complexity index is 425. The molecule has 1 aromatic rings. The molecule has 0 spiro atoms. The van der Waals surface area contributed by atoms with Crippen LogP contribution in [0.25, 0.3) is 0 Å². The lowest BCUT2D eigenvalue weighted by molar-refractivity contribution is -0.130. The first-order valence-electron chi connectivity index (χ1n) is 6.60. The molecule has 1 N–H and O–H groups in total. The number of likely N-dealkylation sites (tertiary alicyclic amines) is 1. The molecule has 1 amide bonds. The van der Waals surface area contributed by atoms with Crippen LogP contribution in [0, 0.1) is 0 Å². The Morgan fingerprint density at radius 2 is 1.84 bits per heavy atom. The molecular formula is C14H18Cl2N2O. The van der Waals surface area contributed by atoms with E-state index in [9.17, 15) is 4.79 Å². The van der Waals surface area contributed by atoms with E-state index in [0.717, 1.165) is 31.5 Å². The highest BCUT2D eigenvalue weighted by Gasteiger charge is 2.16. The molecular weight excluding hydrogens is 283 g/mol. The molecule has 2 rings (SSSR count). The maximum Gasteiger partial charge on any atom is 0.223 e. The second-order valence-corrected chi connectivity index (χ2v) is 5.53. The molecule has 1 saturated heterocycles. The average molecular weight is 301 g/mol. The first-order valence-corrected chi connectivity index (χ1v) is 7.35. The minimum absolute atomic E-state index is 0.232. The molecule has 0 saturated carbocycles. The molecule has 1 aromatic carbocycles. The molecule has 19 heavy (non-hydrogen) atoms. The predicted octanol–water partition coefficient (Wildman–Crippen LogP) is 3.10. The van der Waals surface area contributed by atoms with Crippen LogP contribution in [0.15, 0.2) is 18.2 Å². The van der Waals surface area contributed by atoms with E-state index in [1.54, 1.807) is 0 Å². The van der Waals surface area contributed by atoms with E-state index < -0.39 is 0 Å². The number of carbonyl (C=O) groups is 1. The van der Waals surface area contributed by atoms with E-state index in [0.29, 0.717) is 29.6 Å². The Balaban J connectivity index is 1.73. The van der Waals surface area contributed by atoms with Crippen molar-refractivity contribution in [2.24, 2.45) is 0 Å². The van der Waals surface area contributed by atoms with Crippen LogP contribution in [0.3, 0.4) is 0 Å². The Labute approximate surface area is 123 Å². The molecule has 0 bridgehead atoms. The smallest absolute Gasteiger partial charge is 0.223 e. The van der Waals surface area contributed by atoms with E-state index in [1.165, 1.54) is 0 Å². The van der Waals surface area contributed by atoms with Crippen LogP contribution >= 0.6 is 23.2 Å². The first-order chi connectivity index (χ1) is 9.18. The van der Waals surface area contributed by atoms with E-state index in [4.69, 9.17) is 23.2 Å². The van der Waals surface area contributed by atoms with Crippen molar-refractivity contribution in [3.63, 3.8) is 0 Å². The predicted molar refractivity (Wildman–Crippen MR) is 78.6 cm³/mol. The lowest BCUT2D eigenvalue weighted by Gasteiger charge is -2.15. The highest BCUT2D eigenvalue weighted by molar-refractivity contribution is 6.35. The fourth-order valence-electron chi connectivity index (χ4n) is 2.23. The van der Waals surface area contributed by atoms with Gasteiger partial charge in [-0.2, -0.15) is 0 Å². The second kappa shape index (κ2) is 7.13. The number of nitrogens with zero attached hydrogens (tertiary/aromatic N) is 1. The lowest BCUT2D eigenvalue weighted by Crippen LogP contribution is -2.30. The summed E-state index contributed by atoms with van der Waals surface area (Å²) in [6.45, 7) is 3.06. The number of hydrogen-bond acceptors (Lipinski definition) is 2. The van der Waals surface area contributed by atoms with Crippen molar-refractivity contribution < 1.29 is 4.79 Å². The Morgan fingerprint density at radius 1 is 1.21 bits per heavy atom. The number of rotatable bonds is 5. The quantitative estimate of drug-likeness (QED) is 0.848. The van der Waals surface area contributed by atoms with Gasteiger partial charge in [-0.3, -0.25) is 4.79 Å². The van der Waals surface area contributed by atoms with Crippen molar-refractivity contribution in [1.82, 2.24) is 10.2 Å². The normalized spacial score (nSPS) is 14.9. The van der Waals surface area contributed by atoms with Gasteiger partial charge < -0.3 is 10.2 Å². The summed E-state index contributed by atoms with van der Waals surface area (Å²) in [5, 5.41) is 4.54. The number of carbonyl (C=O) groups excluding carboxylic acids is 1. The lowest BCUT2D eigenvalue weighted by atomic mass is 10.2. The molecule has 0 unspecified atom stereocenters. The summed E-state index contributed by atoms with van der Waals surface area (Å²) >= 11 is 12.1. The van der Waals surface area contributed by atoms with Crippen LogP contribution in [0.4, 0.5) is 0 Å². The molecule has 104 valence electrons. The summed E-state index contributed by atoms with van der Waals surface area (Å²) < 4.78 is 0. The van der Waals surface area contributed by atoms with Gasteiger partial charge >= 0.3 is 0 Å². The molecule has 0 atom stereocenters. The Hall–Kier alpha value is -0.770. The Morgan fingerprint density at radius 3 is 2.47 bits per heavy atom. The largest absolute Gasteiger partial charge is 0.343 e. The third-order valence-electron chi connectivity index (χ3n) is 3.34. The van der Waals surface area contributed by atoms with Crippen LogP contribution in [-0.2, 0) is 11.3 Å². The Kier molecular flexibility index (Phi) is 5.49. The van der Waals surface area contributed by atoms with Crippen molar-refractivity contribution in [2.45, 2.75) is 25.8 Å². The van der Waals surface area contributed by atoms with Crippen molar-refractivity contribution in [3.8, 4) is 0 Å². The number of nitrogens with one attached hydrogen (secondary N) is 1. The first kappa shape index (κ1) is 14.6. The van der Waals surface area contributed by atoms with E-state index in [-0.39, 0.29) is 5.91 Å². The average Bonchev–Trinajstić information content (AvgIpc) is 2.91. The molecule has 0 aromatic heterocycles. The third-order valence-corrected chi connectivity index (χ3v) is 4.05. The topological polar surface area (TPSA) is 32.3 Å². The van der Waals surface area contributed by atoms with E-state index >= 15 is 0 Å². The van der Waals surface area contributed by atoms with Gasteiger partial charge in [-0.25, -0.2) is 0 Å². The SMILES string of the molecule is O=C(CCNCc1c(Cl)cccc1Cl)N1CCCC1. The number of halogens is 2. The maximum absolute atomic E-state index is 11.8. The summed E-state index contributed by atoms with van der Waals surface area (Å²) in [6, 6.07) is 5.46. The molecule has 0 radical (unpaired) electrons. The third kappa shape index (κ3) is 4.10. The van der Waals surface area contributed by atoms with Gasteiger partial charge in [0.15, 0.2) is 0 Å². The summed E-state index contributed by atoms with van der Waals surface area (Å²) in [4.78, 5) is 13.8.